The monoisotopic (exact) mass is 423 g/mol. The molecule has 0 spiro atoms. The molecule has 0 saturated carbocycles. The van der Waals surface area contributed by atoms with Crippen LogP contribution in [0.5, 0.6) is 11.5 Å². The number of ether oxygens (including phenoxy) is 2. The van der Waals surface area contributed by atoms with Gasteiger partial charge in [0.1, 0.15) is 23.1 Å². The fourth-order valence-electron chi connectivity index (χ4n) is 2.85. The van der Waals surface area contributed by atoms with Gasteiger partial charge in [0.05, 0.1) is 5.57 Å². The van der Waals surface area contributed by atoms with Crippen molar-refractivity contribution in [2.45, 2.75) is 39.3 Å². The van der Waals surface area contributed by atoms with Gasteiger partial charge in [-0.15, -0.1) is 0 Å². The van der Waals surface area contributed by atoms with Crippen LogP contribution in [0.3, 0.4) is 0 Å². The van der Waals surface area contributed by atoms with E-state index in [4.69, 9.17) is 9.47 Å². The van der Waals surface area contributed by atoms with Crippen molar-refractivity contribution in [3.8, 4) is 11.5 Å². The Morgan fingerprint density at radius 2 is 1.58 bits per heavy atom. The van der Waals surface area contributed by atoms with Gasteiger partial charge in [-0.25, -0.2) is 4.79 Å². The van der Waals surface area contributed by atoms with E-state index in [0.29, 0.717) is 22.6 Å². The predicted molar refractivity (Wildman–Crippen MR) is 116 cm³/mol. The number of hydrazine groups is 1. The zero-order chi connectivity index (χ0) is 22.6. The molecule has 3 rings (SSSR count). The van der Waals surface area contributed by atoms with Crippen molar-refractivity contribution in [3.63, 3.8) is 0 Å². The lowest BCUT2D eigenvalue weighted by molar-refractivity contribution is -0.127. The molecule has 3 N–H and O–H groups in total. The maximum absolute atomic E-state index is 12.9. The van der Waals surface area contributed by atoms with E-state index in [9.17, 15) is 14.4 Å². The Labute approximate surface area is 180 Å². The molecule has 0 fully saturated rings. The van der Waals surface area contributed by atoms with Gasteiger partial charge in [0.2, 0.25) is 0 Å². The van der Waals surface area contributed by atoms with E-state index < -0.39 is 29.6 Å². The molecule has 0 aliphatic carbocycles. The second-order valence-corrected chi connectivity index (χ2v) is 8.01. The molecule has 8 nitrogen and oxygen atoms in total. The summed E-state index contributed by atoms with van der Waals surface area (Å²) in [6.07, 6.45) is 0.973. The number of amides is 3. The molecule has 3 amide bonds. The van der Waals surface area contributed by atoms with E-state index in [1.807, 2.05) is 30.3 Å². The first-order chi connectivity index (χ1) is 14.6. The quantitative estimate of drug-likeness (QED) is 0.656. The largest absolute Gasteiger partial charge is 0.456 e. The van der Waals surface area contributed by atoms with Crippen LogP contribution in [0.15, 0.2) is 48.5 Å². The third-order valence-electron chi connectivity index (χ3n) is 4.29. The molecule has 8 heteroatoms. The lowest BCUT2D eigenvalue weighted by Gasteiger charge is -2.21. The SMILES string of the molecule is CC(NC(=O)OC(C)(C)C)C(=O)NNC(=O)C1=Cc2ccccc2Oc2ccccc21. The Morgan fingerprint density at radius 3 is 2.29 bits per heavy atom. The molecule has 2 aromatic rings. The first-order valence-corrected chi connectivity index (χ1v) is 9.82. The van der Waals surface area contributed by atoms with Gasteiger partial charge >= 0.3 is 6.09 Å². The molecule has 1 heterocycles. The number of fused-ring (bicyclic) bond motifs is 2. The summed E-state index contributed by atoms with van der Waals surface area (Å²) in [7, 11) is 0. The van der Waals surface area contributed by atoms with Crippen molar-refractivity contribution in [3.05, 3.63) is 59.7 Å². The van der Waals surface area contributed by atoms with Crippen molar-refractivity contribution in [2.24, 2.45) is 0 Å². The molecule has 0 saturated heterocycles. The smallest absolute Gasteiger partial charge is 0.408 e. The number of rotatable bonds is 3. The fraction of sp³-hybridized carbons (Fsp3) is 0.261. The van der Waals surface area contributed by atoms with E-state index in [1.165, 1.54) is 6.92 Å². The number of carbonyl (C=O) groups is 3. The van der Waals surface area contributed by atoms with Gasteiger partial charge in [0.15, 0.2) is 0 Å². The average Bonchev–Trinajstić information content (AvgIpc) is 2.87. The first-order valence-electron chi connectivity index (χ1n) is 9.82. The van der Waals surface area contributed by atoms with Gasteiger partial charge in [-0.05, 0) is 45.9 Å². The van der Waals surface area contributed by atoms with Crippen LogP contribution in [0.4, 0.5) is 4.79 Å². The van der Waals surface area contributed by atoms with E-state index in [2.05, 4.69) is 16.2 Å². The summed E-state index contributed by atoms with van der Waals surface area (Å²) in [4.78, 5) is 37.0. The van der Waals surface area contributed by atoms with E-state index in [0.717, 1.165) is 5.56 Å². The Kier molecular flexibility index (Phi) is 6.29. The number of para-hydroxylation sites is 2. The normalized spacial score (nSPS) is 13.2. The highest BCUT2D eigenvalue weighted by Gasteiger charge is 2.24. The average molecular weight is 423 g/mol. The third kappa shape index (κ3) is 5.63. The molecule has 1 unspecified atom stereocenters. The summed E-state index contributed by atoms with van der Waals surface area (Å²) in [5, 5.41) is 2.42. The van der Waals surface area contributed by atoms with Crippen LogP contribution >= 0.6 is 0 Å². The molecule has 0 aromatic heterocycles. The van der Waals surface area contributed by atoms with Crippen LogP contribution in [0, 0.1) is 0 Å². The second-order valence-electron chi connectivity index (χ2n) is 8.01. The minimum atomic E-state index is -0.922. The molecule has 1 aliphatic heterocycles. The first kappa shape index (κ1) is 21.9. The van der Waals surface area contributed by atoms with Gasteiger partial charge in [-0.1, -0.05) is 36.4 Å². The van der Waals surface area contributed by atoms with Crippen LogP contribution in [-0.2, 0) is 14.3 Å². The number of hydrogen-bond donors (Lipinski definition) is 3. The second kappa shape index (κ2) is 8.91. The van der Waals surface area contributed by atoms with Gasteiger partial charge < -0.3 is 14.8 Å². The molecule has 1 aliphatic rings. The van der Waals surface area contributed by atoms with Crippen LogP contribution in [-0.4, -0.2) is 29.6 Å². The number of hydrogen-bond acceptors (Lipinski definition) is 5. The highest BCUT2D eigenvalue weighted by Crippen LogP contribution is 2.37. The summed E-state index contributed by atoms with van der Waals surface area (Å²) in [6.45, 7) is 6.64. The van der Waals surface area contributed by atoms with Crippen LogP contribution < -0.4 is 20.9 Å². The molecule has 0 radical (unpaired) electrons. The van der Waals surface area contributed by atoms with Crippen molar-refractivity contribution in [1.29, 1.82) is 0 Å². The van der Waals surface area contributed by atoms with E-state index in [-0.39, 0.29) is 0 Å². The van der Waals surface area contributed by atoms with Crippen molar-refractivity contribution in [1.82, 2.24) is 16.2 Å². The Balaban J connectivity index is 1.70. The summed E-state index contributed by atoms with van der Waals surface area (Å²) in [5.41, 5.74) is 5.69. The lowest BCUT2D eigenvalue weighted by atomic mass is 10.0. The van der Waals surface area contributed by atoms with Crippen LogP contribution in [0.25, 0.3) is 11.6 Å². The summed E-state index contributed by atoms with van der Waals surface area (Å²) in [6, 6.07) is 13.6. The topological polar surface area (TPSA) is 106 Å². The standard InChI is InChI=1S/C23H25N3O5/c1-14(24-22(29)31-23(2,3)4)20(27)25-26-21(28)17-13-15-9-5-7-11-18(15)30-19-12-8-6-10-16(17)19/h5-14H,1-4H3,(H,24,29)(H,25,27)(H,26,28). The van der Waals surface area contributed by atoms with Crippen molar-refractivity contribution < 1.29 is 23.9 Å². The molecular formula is C23H25N3O5. The Hall–Kier alpha value is -3.81. The predicted octanol–water partition coefficient (Wildman–Crippen LogP) is 3.39. The summed E-state index contributed by atoms with van der Waals surface area (Å²) < 4.78 is 11.1. The lowest BCUT2D eigenvalue weighted by Crippen LogP contribution is -2.51. The summed E-state index contributed by atoms with van der Waals surface area (Å²) >= 11 is 0. The molecule has 0 bridgehead atoms. The van der Waals surface area contributed by atoms with Crippen molar-refractivity contribution >= 4 is 29.6 Å². The highest BCUT2D eigenvalue weighted by molar-refractivity contribution is 6.25. The third-order valence-corrected chi connectivity index (χ3v) is 4.29. The minimum absolute atomic E-state index is 0.327. The maximum atomic E-state index is 12.9. The van der Waals surface area contributed by atoms with Gasteiger partial charge in [-0.3, -0.25) is 20.4 Å². The number of alkyl carbamates (subject to hydrolysis) is 1. The molecule has 1 atom stereocenters. The van der Waals surface area contributed by atoms with Gasteiger partial charge in [-0.2, -0.15) is 0 Å². The van der Waals surface area contributed by atoms with E-state index in [1.54, 1.807) is 45.0 Å². The Morgan fingerprint density at radius 1 is 0.935 bits per heavy atom. The number of carbonyl (C=O) groups excluding carboxylic acids is 3. The summed E-state index contributed by atoms with van der Waals surface area (Å²) in [5.74, 6) is 0.0287. The van der Waals surface area contributed by atoms with Crippen LogP contribution in [0.2, 0.25) is 0 Å². The maximum Gasteiger partial charge on any atom is 0.408 e. The Bertz CT molecular complexity index is 1040. The minimum Gasteiger partial charge on any atom is -0.456 e. The van der Waals surface area contributed by atoms with Gasteiger partial charge in [0.25, 0.3) is 11.8 Å². The highest BCUT2D eigenvalue weighted by atomic mass is 16.6. The zero-order valence-corrected chi connectivity index (χ0v) is 17.8. The molecule has 2 aromatic carbocycles. The van der Waals surface area contributed by atoms with Gasteiger partial charge in [0, 0.05) is 11.1 Å². The molecular weight excluding hydrogens is 398 g/mol. The number of nitrogens with one attached hydrogen (secondary N) is 3. The van der Waals surface area contributed by atoms with Crippen molar-refractivity contribution in [2.75, 3.05) is 0 Å². The molecule has 31 heavy (non-hydrogen) atoms. The molecule has 162 valence electrons. The fourth-order valence-corrected chi connectivity index (χ4v) is 2.85. The van der Waals surface area contributed by atoms with Crippen LogP contribution in [0.1, 0.15) is 38.8 Å². The van der Waals surface area contributed by atoms with E-state index >= 15 is 0 Å². The zero-order valence-electron chi connectivity index (χ0n) is 17.8. The number of benzene rings is 2.